The van der Waals surface area contributed by atoms with Crippen LogP contribution in [0.1, 0.15) is 16.7 Å². The predicted octanol–water partition coefficient (Wildman–Crippen LogP) is 3.84. The molecular formula is C21H17ClN6O2S. The molecule has 10 heteroatoms. The van der Waals surface area contributed by atoms with Crippen LogP contribution < -0.4 is 10.5 Å². The number of nitrogens with zero attached hydrogens (tertiary/aromatic N) is 5. The van der Waals surface area contributed by atoms with Crippen LogP contribution in [0, 0.1) is 22.7 Å². The van der Waals surface area contributed by atoms with E-state index in [1.165, 1.54) is 18.0 Å². The highest BCUT2D eigenvalue weighted by Crippen LogP contribution is 2.36. The van der Waals surface area contributed by atoms with Gasteiger partial charge in [-0.1, -0.05) is 11.6 Å². The number of hydrogen-bond donors (Lipinski definition) is 1. The van der Waals surface area contributed by atoms with Gasteiger partial charge in [0.1, 0.15) is 40.9 Å². The first-order valence-electron chi connectivity index (χ1n) is 9.02. The zero-order valence-corrected chi connectivity index (χ0v) is 18.1. The van der Waals surface area contributed by atoms with Crippen molar-refractivity contribution in [1.82, 2.24) is 15.0 Å². The van der Waals surface area contributed by atoms with Gasteiger partial charge >= 0.3 is 0 Å². The standard InChI is InChI=1S/C21H17ClN6O2S/c1-29-6-7-30-14-2-3-18(27-11-14)19-15(8-23)20(25)28-21(16(19)9-24)31-12-13-10-26-5-4-17(13)22/h2-5,10-11H,6-7,12H2,1H3,(H2,25,28). The van der Waals surface area contributed by atoms with Gasteiger partial charge in [0.05, 0.1) is 24.1 Å². The maximum Gasteiger partial charge on any atom is 0.143 e. The second-order valence-electron chi connectivity index (χ2n) is 6.13. The van der Waals surface area contributed by atoms with Crippen LogP contribution in [-0.4, -0.2) is 35.3 Å². The Hall–Kier alpha value is -3.37. The summed E-state index contributed by atoms with van der Waals surface area (Å²) in [7, 11) is 1.59. The maximum absolute atomic E-state index is 9.86. The quantitative estimate of drug-likeness (QED) is 0.400. The van der Waals surface area contributed by atoms with E-state index < -0.39 is 0 Å². The summed E-state index contributed by atoms with van der Waals surface area (Å²) in [5, 5.41) is 20.4. The smallest absolute Gasteiger partial charge is 0.143 e. The summed E-state index contributed by atoms with van der Waals surface area (Å²) in [6.07, 6.45) is 4.77. The Labute approximate surface area is 188 Å². The van der Waals surface area contributed by atoms with E-state index in [9.17, 15) is 10.5 Å². The summed E-state index contributed by atoms with van der Waals surface area (Å²) in [6, 6.07) is 9.25. The van der Waals surface area contributed by atoms with E-state index in [0.717, 1.165) is 5.56 Å². The summed E-state index contributed by atoms with van der Waals surface area (Å²) in [5.41, 5.74) is 7.90. The lowest BCUT2D eigenvalue weighted by atomic mass is 10.0. The molecule has 0 aliphatic rings. The molecule has 0 spiro atoms. The summed E-state index contributed by atoms with van der Waals surface area (Å²) in [6.45, 7) is 0.825. The van der Waals surface area contributed by atoms with Crippen LogP contribution in [0.5, 0.6) is 5.75 Å². The van der Waals surface area contributed by atoms with Crippen LogP contribution in [0.3, 0.4) is 0 Å². The van der Waals surface area contributed by atoms with Crippen LogP contribution in [0.2, 0.25) is 5.02 Å². The van der Waals surface area contributed by atoms with Crippen molar-refractivity contribution in [3.05, 3.63) is 58.5 Å². The lowest BCUT2D eigenvalue weighted by Crippen LogP contribution is -2.05. The van der Waals surface area contributed by atoms with E-state index in [1.807, 2.05) is 6.07 Å². The number of pyridine rings is 3. The molecule has 0 aliphatic carbocycles. The topological polar surface area (TPSA) is 131 Å². The fourth-order valence-electron chi connectivity index (χ4n) is 2.68. The number of nitrogens with two attached hydrogens (primary N) is 1. The molecule has 0 aliphatic heterocycles. The summed E-state index contributed by atoms with van der Waals surface area (Å²) < 4.78 is 10.5. The van der Waals surface area contributed by atoms with Gasteiger partial charge in [0.2, 0.25) is 0 Å². The number of ether oxygens (including phenoxy) is 2. The zero-order valence-electron chi connectivity index (χ0n) is 16.5. The van der Waals surface area contributed by atoms with Gasteiger partial charge in [0.25, 0.3) is 0 Å². The Kier molecular flexibility index (Phi) is 7.63. The highest BCUT2D eigenvalue weighted by atomic mass is 35.5. The Bertz CT molecular complexity index is 1160. The molecule has 3 heterocycles. The monoisotopic (exact) mass is 452 g/mol. The molecule has 0 fully saturated rings. The molecule has 2 N–H and O–H groups in total. The van der Waals surface area contributed by atoms with Crippen molar-refractivity contribution < 1.29 is 9.47 Å². The average Bonchev–Trinajstić information content (AvgIpc) is 2.78. The van der Waals surface area contributed by atoms with Crippen molar-refractivity contribution >= 4 is 29.2 Å². The molecule has 31 heavy (non-hydrogen) atoms. The molecule has 0 saturated carbocycles. The molecule has 0 unspecified atom stereocenters. The number of rotatable bonds is 8. The Morgan fingerprint density at radius 3 is 2.58 bits per heavy atom. The summed E-state index contributed by atoms with van der Waals surface area (Å²) in [4.78, 5) is 12.7. The third kappa shape index (κ3) is 5.22. The SMILES string of the molecule is COCCOc1ccc(-c2c(C#N)c(N)nc(SCc3cnccc3Cl)c2C#N)nc1. The molecule has 0 bridgehead atoms. The minimum Gasteiger partial charge on any atom is -0.490 e. The van der Waals surface area contributed by atoms with Crippen LogP contribution in [-0.2, 0) is 10.5 Å². The van der Waals surface area contributed by atoms with E-state index in [-0.39, 0.29) is 16.9 Å². The second-order valence-corrected chi connectivity index (χ2v) is 7.50. The number of methoxy groups -OCH3 is 1. The van der Waals surface area contributed by atoms with Crippen molar-refractivity contribution in [2.45, 2.75) is 10.8 Å². The van der Waals surface area contributed by atoms with E-state index in [2.05, 4.69) is 21.0 Å². The molecule has 0 amide bonds. The summed E-state index contributed by atoms with van der Waals surface area (Å²) >= 11 is 7.48. The van der Waals surface area contributed by atoms with Gasteiger partial charge in [0.15, 0.2) is 0 Å². The number of thioether (sulfide) groups is 1. The van der Waals surface area contributed by atoms with Gasteiger partial charge in [-0.2, -0.15) is 10.5 Å². The van der Waals surface area contributed by atoms with Crippen molar-refractivity contribution in [3.8, 4) is 29.1 Å². The Morgan fingerprint density at radius 1 is 1.13 bits per heavy atom. The Balaban J connectivity index is 1.98. The van der Waals surface area contributed by atoms with Crippen LogP contribution in [0.4, 0.5) is 5.82 Å². The molecule has 8 nitrogen and oxygen atoms in total. The van der Waals surface area contributed by atoms with Crippen molar-refractivity contribution in [2.75, 3.05) is 26.1 Å². The second kappa shape index (κ2) is 10.6. The van der Waals surface area contributed by atoms with E-state index in [4.69, 9.17) is 26.8 Å². The third-order valence-corrected chi connectivity index (χ3v) is 5.57. The average molecular weight is 453 g/mol. The first kappa shape index (κ1) is 22.3. The van der Waals surface area contributed by atoms with Gasteiger partial charge in [-0.15, -0.1) is 11.8 Å². The maximum atomic E-state index is 9.86. The van der Waals surface area contributed by atoms with Crippen LogP contribution in [0.15, 0.2) is 41.8 Å². The first-order chi connectivity index (χ1) is 15.1. The van der Waals surface area contributed by atoms with Gasteiger partial charge < -0.3 is 15.2 Å². The van der Waals surface area contributed by atoms with Crippen molar-refractivity contribution in [1.29, 1.82) is 10.5 Å². The van der Waals surface area contributed by atoms with Crippen molar-refractivity contribution in [3.63, 3.8) is 0 Å². The molecular weight excluding hydrogens is 436 g/mol. The first-order valence-corrected chi connectivity index (χ1v) is 10.4. The summed E-state index contributed by atoms with van der Waals surface area (Å²) in [5.74, 6) is 0.998. The largest absolute Gasteiger partial charge is 0.490 e. The molecule has 3 aromatic heterocycles. The van der Waals surface area contributed by atoms with Gasteiger partial charge in [-0.25, -0.2) is 4.98 Å². The van der Waals surface area contributed by atoms with E-state index in [0.29, 0.717) is 46.0 Å². The van der Waals surface area contributed by atoms with Crippen LogP contribution in [0.25, 0.3) is 11.3 Å². The minimum atomic E-state index is 0.0264. The third-order valence-electron chi connectivity index (χ3n) is 4.17. The molecule has 0 aromatic carbocycles. The fourth-order valence-corrected chi connectivity index (χ4v) is 3.91. The van der Waals surface area contributed by atoms with Crippen molar-refractivity contribution in [2.24, 2.45) is 0 Å². The zero-order chi connectivity index (χ0) is 22.2. The molecule has 0 atom stereocenters. The molecule has 3 rings (SSSR count). The Morgan fingerprint density at radius 2 is 1.94 bits per heavy atom. The molecule has 3 aromatic rings. The van der Waals surface area contributed by atoms with Gasteiger partial charge in [0, 0.05) is 35.8 Å². The molecule has 156 valence electrons. The number of nitriles is 2. The number of aromatic nitrogens is 3. The van der Waals surface area contributed by atoms with Gasteiger partial charge in [-0.3, -0.25) is 9.97 Å². The molecule has 0 saturated heterocycles. The number of anilines is 1. The predicted molar refractivity (Wildman–Crippen MR) is 117 cm³/mol. The number of halogens is 1. The van der Waals surface area contributed by atoms with Crippen LogP contribution >= 0.6 is 23.4 Å². The normalized spacial score (nSPS) is 10.3. The highest BCUT2D eigenvalue weighted by molar-refractivity contribution is 7.98. The lowest BCUT2D eigenvalue weighted by molar-refractivity contribution is 0.146. The minimum absolute atomic E-state index is 0.0264. The number of hydrogen-bond acceptors (Lipinski definition) is 9. The fraction of sp³-hybridized carbons (Fsp3) is 0.190. The highest BCUT2D eigenvalue weighted by Gasteiger charge is 2.21. The van der Waals surface area contributed by atoms with Gasteiger partial charge in [-0.05, 0) is 23.8 Å². The van der Waals surface area contributed by atoms with E-state index >= 15 is 0 Å². The lowest BCUT2D eigenvalue weighted by Gasteiger charge is -2.13. The van der Waals surface area contributed by atoms with E-state index in [1.54, 1.807) is 37.7 Å². The molecule has 0 radical (unpaired) electrons. The number of nitrogen functional groups attached to an aromatic ring is 1.